The Labute approximate surface area is 160 Å². The van der Waals surface area contributed by atoms with Crippen molar-refractivity contribution in [1.82, 2.24) is 0 Å². The number of hydrogen-bond acceptors (Lipinski definition) is 4. The van der Waals surface area contributed by atoms with Crippen molar-refractivity contribution in [3.63, 3.8) is 0 Å². The van der Waals surface area contributed by atoms with Gasteiger partial charge in [0.05, 0.1) is 28.8 Å². The molecule has 0 saturated carbocycles. The Morgan fingerprint density at radius 1 is 1.12 bits per heavy atom. The van der Waals surface area contributed by atoms with Crippen LogP contribution >= 0.6 is 23.4 Å². The first-order valence-electron chi connectivity index (χ1n) is 7.84. The number of amides is 2. The minimum Gasteiger partial charge on any atom is -0.492 e. The number of benzene rings is 2. The Morgan fingerprint density at radius 2 is 1.81 bits per heavy atom. The molecule has 2 amide bonds. The number of anilines is 2. The fraction of sp³-hybridized carbons (Fsp3) is 0.222. The van der Waals surface area contributed by atoms with Crippen LogP contribution in [0.2, 0.25) is 5.02 Å². The summed E-state index contributed by atoms with van der Waals surface area (Å²) < 4.78 is 18.5. The molecule has 138 valence electrons. The molecule has 0 aromatic heterocycles. The molecule has 8 heteroatoms. The molecule has 2 aromatic rings. The molecule has 0 atom stereocenters. The number of ether oxygens (including phenoxy) is 1. The molecule has 2 N–H and O–H groups in total. The van der Waals surface area contributed by atoms with Gasteiger partial charge in [-0.3, -0.25) is 9.59 Å². The van der Waals surface area contributed by atoms with Crippen molar-refractivity contribution in [3.05, 3.63) is 53.3 Å². The number of halogens is 2. The number of nitrogens with one attached hydrogen (secondary N) is 2. The van der Waals surface area contributed by atoms with Crippen LogP contribution < -0.4 is 15.4 Å². The van der Waals surface area contributed by atoms with Crippen LogP contribution in [0.1, 0.15) is 6.92 Å². The van der Waals surface area contributed by atoms with Crippen molar-refractivity contribution in [1.29, 1.82) is 0 Å². The van der Waals surface area contributed by atoms with Gasteiger partial charge in [0.2, 0.25) is 11.8 Å². The number of thioether (sulfide) groups is 1. The van der Waals surface area contributed by atoms with Gasteiger partial charge in [-0.25, -0.2) is 4.39 Å². The molecule has 0 heterocycles. The summed E-state index contributed by atoms with van der Waals surface area (Å²) in [6.45, 7) is 2.36. The molecule has 0 saturated heterocycles. The highest BCUT2D eigenvalue weighted by molar-refractivity contribution is 8.00. The molecule has 2 aromatic carbocycles. The van der Waals surface area contributed by atoms with Gasteiger partial charge in [0.15, 0.2) is 0 Å². The topological polar surface area (TPSA) is 67.4 Å². The maximum atomic E-state index is 13.1. The van der Waals surface area contributed by atoms with Crippen LogP contribution in [0.5, 0.6) is 5.75 Å². The highest BCUT2D eigenvalue weighted by Gasteiger charge is 2.10. The maximum Gasteiger partial charge on any atom is 0.234 e. The molecule has 0 unspecified atom stereocenters. The highest BCUT2D eigenvalue weighted by atomic mass is 35.5. The zero-order valence-electron chi connectivity index (χ0n) is 14.1. The van der Waals surface area contributed by atoms with Crippen molar-refractivity contribution in [2.75, 3.05) is 28.7 Å². The number of para-hydroxylation sites is 2. The quantitative estimate of drug-likeness (QED) is 0.702. The van der Waals surface area contributed by atoms with Gasteiger partial charge >= 0.3 is 0 Å². The molecular formula is C18H18ClFN2O3S. The Bertz CT molecular complexity index is 789. The first-order valence-corrected chi connectivity index (χ1v) is 9.37. The third-order valence-corrected chi connectivity index (χ3v) is 4.35. The predicted molar refractivity (Wildman–Crippen MR) is 104 cm³/mol. The first-order chi connectivity index (χ1) is 12.5. The van der Waals surface area contributed by atoms with E-state index >= 15 is 0 Å². The predicted octanol–water partition coefficient (Wildman–Crippen LogP) is 4.19. The lowest BCUT2D eigenvalue weighted by atomic mass is 10.3. The van der Waals surface area contributed by atoms with E-state index in [1.165, 1.54) is 18.2 Å². The van der Waals surface area contributed by atoms with Crippen molar-refractivity contribution in [2.24, 2.45) is 0 Å². The van der Waals surface area contributed by atoms with E-state index in [0.717, 1.165) is 11.8 Å². The molecule has 0 fully saturated rings. The van der Waals surface area contributed by atoms with Crippen LogP contribution in [-0.4, -0.2) is 29.9 Å². The summed E-state index contributed by atoms with van der Waals surface area (Å²) in [7, 11) is 0. The van der Waals surface area contributed by atoms with E-state index in [2.05, 4.69) is 10.6 Å². The lowest BCUT2D eigenvalue weighted by molar-refractivity contribution is -0.114. The number of carbonyl (C=O) groups excluding carboxylic acids is 2. The van der Waals surface area contributed by atoms with E-state index in [1.807, 2.05) is 13.0 Å². The molecule has 0 bridgehead atoms. The Kier molecular flexibility index (Phi) is 7.74. The van der Waals surface area contributed by atoms with E-state index < -0.39 is 5.82 Å². The van der Waals surface area contributed by atoms with E-state index in [1.54, 1.807) is 18.2 Å². The zero-order valence-corrected chi connectivity index (χ0v) is 15.6. The third kappa shape index (κ3) is 6.24. The summed E-state index contributed by atoms with van der Waals surface area (Å²) in [6.07, 6.45) is 0. The fourth-order valence-corrected chi connectivity index (χ4v) is 2.84. The fourth-order valence-electron chi connectivity index (χ4n) is 2.04. The Hall–Kier alpha value is -2.25. The number of hydrogen-bond donors (Lipinski definition) is 2. The molecule has 26 heavy (non-hydrogen) atoms. The average Bonchev–Trinajstić information content (AvgIpc) is 2.60. The summed E-state index contributed by atoms with van der Waals surface area (Å²) in [5.74, 6) is -0.310. The highest BCUT2D eigenvalue weighted by Crippen LogP contribution is 2.24. The lowest BCUT2D eigenvalue weighted by Crippen LogP contribution is -2.18. The van der Waals surface area contributed by atoms with Crippen LogP contribution in [0, 0.1) is 5.82 Å². The summed E-state index contributed by atoms with van der Waals surface area (Å²) >= 11 is 6.82. The van der Waals surface area contributed by atoms with Gasteiger partial charge in [0, 0.05) is 5.69 Å². The summed E-state index contributed by atoms with van der Waals surface area (Å²) in [6, 6.07) is 11.1. The molecule has 0 aliphatic rings. The van der Waals surface area contributed by atoms with Gasteiger partial charge in [0.1, 0.15) is 11.6 Å². The van der Waals surface area contributed by atoms with E-state index in [9.17, 15) is 14.0 Å². The van der Waals surface area contributed by atoms with Crippen molar-refractivity contribution >= 4 is 46.6 Å². The lowest BCUT2D eigenvalue weighted by Gasteiger charge is -2.11. The van der Waals surface area contributed by atoms with Crippen molar-refractivity contribution < 1.29 is 18.7 Å². The normalized spacial score (nSPS) is 10.3. The largest absolute Gasteiger partial charge is 0.492 e. The van der Waals surface area contributed by atoms with Crippen LogP contribution in [-0.2, 0) is 9.59 Å². The van der Waals surface area contributed by atoms with E-state index in [0.29, 0.717) is 23.7 Å². The van der Waals surface area contributed by atoms with Gasteiger partial charge in [-0.05, 0) is 37.3 Å². The second-order valence-electron chi connectivity index (χ2n) is 5.15. The van der Waals surface area contributed by atoms with Crippen LogP contribution in [0.3, 0.4) is 0 Å². The molecule has 2 rings (SSSR count). The Morgan fingerprint density at radius 3 is 2.50 bits per heavy atom. The zero-order chi connectivity index (χ0) is 18.9. The van der Waals surface area contributed by atoms with E-state index in [-0.39, 0.29) is 28.3 Å². The van der Waals surface area contributed by atoms with Gasteiger partial charge in [-0.1, -0.05) is 23.7 Å². The van der Waals surface area contributed by atoms with Crippen LogP contribution in [0.4, 0.5) is 15.8 Å². The molecule has 0 radical (unpaired) electrons. The summed E-state index contributed by atoms with van der Waals surface area (Å²) in [5.41, 5.74) is 0.988. The van der Waals surface area contributed by atoms with Gasteiger partial charge < -0.3 is 15.4 Å². The van der Waals surface area contributed by atoms with Crippen LogP contribution in [0.15, 0.2) is 42.5 Å². The molecule has 0 spiro atoms. The molecule has 5 nitrogen and oxygen atoms in total. The third-order valence-electron chi connectivity index (χ3n) is 3.13. The van der Waals surface area contributed by atoms with Crippen molar-refractivity contribution in [3.8, 4) is 5.75 Å². The maximum absolute atomic E-state index is 13.1. The monoisotopic (exact) mass is 396 g/mol. The summed E-state index contributed by atoms with van der Waals surface area (Å²) in [4.78, 5) is 23.9. The number of carbonyl (C=O) groups is 2. The molecular weight excluding hydrogens is 379 g/mol. The van der Waals surface area contributed by atoms with Gasteiger partial charge in [-0.2, -0.15) is 0 Å². The minimum atomic E-state index is -0.553. The van der Waals surface area contributed by atoms with Gasteiger partial charge in [-0.15, -0.1) is 11.8 Å². The average molecular weight is 397 g/mol. The first kappa shape index (κ1) is 20.1. The van der Waals surface area contributed by atoms with Crippen LogP contribution in [0.25, 0.3) is 0 Å². The van der Waals surface area contributed by atoms with Gasteiger partial charge in [0.25, 0.3) is 0 Å². The molecule has 0 aliphatic carbocycles. The van der Waals surface area contributed by atoms with Crippen molar-refractivity contribution in [2.45, 2.75) is 6.92 Å². The minimum absolute atomic E-state index is 0.0669. The smallest absolute Gasteiger partial charge is 0.234 e. The Balaban J connectivity index is 1.77. The SMILES string of the molecule is CCOc1ccccc1NC(=O)CSCC(=O)Nc1ccc(F)c(Cl)c1. The second-order valence-corrected chi connectivity index (χ2v) is 6.54. The molecule has 0 aliphatic heterocycles. The number of rotatable bonds is 8. The standard InChI is InChI=1S/C18H18ClFN2O3S/c1-2-25-16-6-4-3-5-15(16)22-18(24)11-26-10-17(23)21-12-7-8-14(20)13(19)9-12/h3-9H,2,10-11H2,1H3,(H,21,23)(H,22,24). The van der Waals surface area contributed by atoms with E-state index in [4.69, 9.17) is 16.3 Å². The summed E-state index contributed by atoms with van der Waals surface area (Å²) in [5, 5.41) is 5.29. The second kappa shape index (κ2) is 10.0.